The van der Waals surface area contributed by atoms with E-state index in [1.54, 1.807) is 7.05 Å². The summed E-state index contributed by atoms with van der Waals surface area (Å²) in [7, 11) is 1.69. The normalized spacial score (nSPS) is 20.5. The third-order valence-corrected chi connectivity index (χ3v) is 7.45. The summed E-state index contributed by atoms with van der Waals surface area (Å²) in [6, 6.07) is 17.2. The molecule has 2 unspecified atom stereocenters. The van der Waals surface area contributed by atoms with Crippen LogP contribution < -0.4 is 16.0 Å². The fourth-order valence-corrected chi connectivity index (χ4v) is 5.75. The van der Waals surface area contributed by atoms with E-state index < -0.39 is 23.4 Å². The van der Waals surface area contributed by atoms with E-state index in [1.807, 2.05) is 68.4 Å². The van der Waals surface area contributed by atoms with Crippen LogP contribution in [0.2, 0.25) is 0 Å². The van der Waals surface area contributed by atoms with Crippen molar-refractivity contribution in [1.29, 1.82) is 0 Å². The van der Waals surface area contributed by atoms with Gasteiger partial charge in [-0.15, -0.1) is 0 Å². The number of primary amides is 1. The Bertz CT molecular complexity index is 1140. The van der Waals surface area contributed by atoms with E-state index in [9.17, 15) is 14.4 Å². The van der Waals surface area contributed by atoms with Gasteiger partial charge in [-0.2, -0.15) is 0 Å². The van der Waals surface area contributed by atoms with E-state index in [0.29, 0.717) is 18.6 Å². The van der Waals surface area contributed by atoms with Gasteiger partial charge < -0.3 is 16.0 Å². The summed E-state index contributed by atoms with van der Waals surface area (Å²) in [6.07, 6.45) is 2.79. The molecule has 4 rings (SSSR count). The molecule has 0 spiro atoms. The number of nitrogens with two attached hydrogens (primary N) is 1. The van der Waals surface area contributed by atoms with Gasteiger partial charge in [0.15, 0.2) is 0 Å². The summed E-state index contributed by atoms with van der Waals surface area (Å²) in [4.78, 5) is 46.3. The van der Waals surface area contributed by atoms with Crippen LogP contribution in [-0.4, -0.2) is 36.6 Å². The quantitative estimate of drug-likeness (QED) is 0.668. The van der Waals surface area contributed by atoms with Crippen molar-refractivity contribution in [1.82, 2.24) is 5.32 Å². The van der Waals surface area contributed by atoms with Gasteiger partial charge in [0.1, 0.15) is 0 Å². The highest BCUT2D eigenvalue weighted by Crippen LogP contribution is 2.45. The molecule has 1 fully saturated rings. The molecule has 0 aromatic heterocycles. The van der Waals surface area contributed by atoms with Gasteiger partial charge in [0, 0.05) is 18.2 Å². The maximum atomic E-state index is 13.8. The number of amides is 3. The van der Waals surface area contributed by atoms with Crippen molar-refractivity contribution < 1.29 is 14.4 Å². The zero-order valence-electron chi connectivity index (χ0n) is 20.7. The van der Waals surface area contributed by atoms with Gasteiger partial charge in [-0.1, -0.05) is 81.6 Å². The molecule has 2 aromatic rings. The monoisotopic (exact) mass is 474 g/mol. The number of benzodiazepines with no additional fused rings is 1. The van der Waals surface area contributed by atoms with Crippen LogP contribution >= 0.6 is 0 Å². The lowest BCUT2D eigenvalue weighted by atomic mass is 9.61. The molecule has 1 aliphatic carbocycles. The highest BCUT2D eigenvalue weighted by atomic mass is 16.2. The van der Waals surface area contributed by atoms with E-state index in [1.165, 1.54) is 4.90 Å². The molecule has 1 heterocycles. The lowest BCUT2D eigenvalue weighted by Crippen LogP contribution is -2.55. The number of para-hydroxylation sites is 1. The highest BCUT2D eigenvalue weighted by molar-refractivity contribution is 6.20. The van der Waals surface area contributed by atoms with Crippen molar-refractivity contribution in [3.8, 4) is 0 Å². The predicted molar refractivity (Wildman–Crippen MR) is 137 cm³/mol. The smallest absolute Gasteiger partial charge is 0.272 e. The van der Waals surface area contributed by atoms with Crippen molar-refractivity contribution >= 4 is 29.1 Å². The van der Waals surface area contributed by atoms with Crippen LogP contribution in [0.3, 0.4) is 0 Å². The van der Waals surface area contributed by atoms with Crippen molar-refractivity contribution in [3.05, 3.63) is 65.7 Å². The Labute approximate surface area is 206 Å². The molecule has 7 heteroatoms. The van der Waals surface area contributed by atoms with Gasteiger partial charge in [-0.25, -0.2) is 4.99 Å². The number of carbonyl (C=O) groups is 3. The minimum absolute atomic E-state index is 0.131. The second kappa shape index (κ2) is 10.0. The van der Waals surface area contributed by atoms with Crippen LogP contribution in [0.5, 0.6) is 0 Å². The number of nitrogens with zero attached hydrogens (tertiary/aromatic N) is 2. The Balaban J connectivity index is 1.75. The Kier molecular flexibility index (Phi) is 7.05. The minimum Gasteiger partial charge on any atom is -0.369 e. The maximum absolute atomic E-state index is 13.8. The zero-order chi connectivity index (χ0) is 25.2. The molecular formula is C28H34N4O3. The summed E-state index contributed by atoms with van der Waals surface area (Å²) >= 11 is 0. The van der Waals surface area contributed by atoms with Gasteiger partial charge in [0.05, 0.1) is 22.7 Å². The molecule has 35 heavy (non-hydrogen) atoms. The number of nitrogens with one attached hydrogen (secondary N) is 1. The first kappa shape index (κ1) is 24.6. The second-order valence-electron chi connectivity index (χ2n) is 9.97. The lowest BCUT2D eigenvalue weighted by molar-refractivity contribution is -0.146. The van der Waals surface area contributed by atoms with Crippen LogP contribution in [-0.2, 0) is 14.4 Å². The van der Waals surface area contributed by atoms with E-state index in [0.717, 1.165) is 36.1 Å². The first-order chi connectivity index (χ1) is 16.8. The number of fused-ring (bicyclic) bond motifs is 1. The number of carbonyl (C=O) groups excluding carboxylic acids is 3. The van der Waals surface area contributed by atoms with Crippen molar-refractivity contribution in [2.45, 2.75) is 52.1 Å². The molecule has 7 nitrogen and oxygen atoms in total. The van der Waals surface area contributed by atoms with Crippen LogP contribution in [0, 0.1) is 17.3 Å². The Morgan fingerprint density at radius 1 is 1.03 bits per heavy atom. The summed E-state index contributed by atoms with van der Waals surface area (Å²) in [5.74, 6) is -1.89. The summed E-state index contributed by atoms with van der Waals surface area (Å²) in [6.45, 7) is 3.86. The van der Waals surface area contributed by atoms with Crippen LogP contribution in [0.4, 0.5) is 5.69 Å². The minimum atomic E-state index is -1.12. The van der Waals surface area contributed by atoms with Crippen molar-refractivity contribution in [2.24, 2.45) is 28.0 Å². The SMILES string of the molecule is CC(C)C(C(=O)NC1N=C(c2ccccc2)c2ccccc2N(C)C1=O)C1(C(N)=O)CCCCC1. The standard InChI is InChI=1S/C28H34N4O3/c1-18(2)22(28(27(29)35)16-10-5-11-17-28)25(33)31-24-26(34)32(3)21-15-9-8-14-20(21)23(30-24)19-12-6-4-7-13-19/h4,6-9,12-15,18,22,24H,5,10-11,16-17H2,1-3H3,(H2,29,35)(H,31,33). The number of hydrogen-bond donors (Lipinski definition) is 2. The Hall–Kier alpha value is -3.48. The molecule has 1 aliphatic heterocycles. The van der Waals surface area contributed by atoms with Gasteiger partial charge in [-0.3, -0.25) is 14.4 Å². The summed E-state index contributed by atoms with van der Waals surface area (Å²) in [5, 5.41) is 2.91. The largest absolute Gasteiger partial charge is 0.369 e. The van der Waals surface area contributed by atoms with Crippen molar-refractivity contribution in [3.63, 3.8) is 0 Å². The Morgan fingerprint density at radius 2 is 1.66 bits per heavy atom. The van der Waals surface area contributed by atoms with Gasteiger partial charge in [0.25, 0.3) is 5.91 Å². The average molecular weight is 475 g/mol. The van der Waals surface area contributed by atoms with E-state index >= 15 is 0 Å². The molecule has 184 valence electrons. The molecule has 0 bridgehead atoms. The molecule has 2 aromatic carbocycles. The maximum Gasteiger partial charge on any atom is 0.272 e. The highest BCUT2D eigenvalue weighted by Gasteiger charge is 2.50. The number of aliphatic imine (C=N–C) groups is 1. The third kappa shape index (κ3) is 4.59. The number of rotatable bonds is 6. The fourth-order valence-electron chi connectivity index (χ4n) is 5.75. The summed E-state index contributed by atoms with van der Waals surface area (Å²) in [5.41, 5.74) is 8.02. The second-order valence-corrected chi connectivity index (χ2v) is 9.97. The lowest BCUT2D eigenvalue weighted by Gasteiger charge is -2.42. The van der Waals surface area contributed by atoms with Crippen LogP contribution in [0.15, 0.2) is 59.6 Å². The van der Waals surface area contributed by atoms with Gasteiger partial charge >= 0.3 is 0 Å². The number of benzene rings is 2. The van der Waals surface area contributed by atoms with Gasteiger partial charge in [0.2, 0.25) is 18.0 Å². The molecule has 3 N–H and O–H groups in total. The third-order valence-electron chi connectivity index (χ3n) is 7.45. The van der Waals surface area contributed by atoms with E-state index in [2.05, 4.69) is 5.32 Å². The Morgan fingerprint density at radius 3 is 2.29 bits per heavy atom. The molecule has 3 amide bonds. The van der Waals surface area contributed by atoms with E-state index in [-0.39, 0.29) is 17.7 Å². The molecule has 2 aliphatic rings. The molecule has 0 saturated heterocycles. The first-order valence-corrected chi connectivity index (χ1v) is 12.4. The fraction of sp³-hybridized carbons (Fsp3) is 0.429. The predicted octanol–water partition coefficient (Wildman–Crippen LogP) is 3.65. The van der Waals surface area contributed by atoms with E-state index in [4.69, 9.17) is 10.7 Å². The number of anilines is 1. The number of likely N-dealkylation sites (N-methyl/N-ethyl adjacent to an activating group) is 1. The average Bonchev–Trinajstić information content (AvgIpc) is 2.95. The molecule has 1 saturated carbocycles. The number of hydrogen-bond acceptors (Lipinski definition) is 4. The van der Waals surface area contributed by atoms with Gasteiger partial charge in [-0.05, 0) is 24.8 Å². The molecule has 2 atom stereocenters. The molecular weight excluding hydrogens is 440 g/mol. The summed E-state index contributed by atoms with van der Waals surface area (Å²) < 4.78 is 0. The van der Waals surface area contributed by atoms with Crippen LogP contribution in [0.25, 0.3) is 0 Å². The van der Waals surface area contributed by atoms with Crippen molar-refractivity contribution in [2.75, 3.05) is 11.9 Å². The molecule has 0 radical (unpaired) electrons. The first-order valence-electron chi connectivity index (χ1n) is 12.4. The topological polar surface area (TPSA) is 105 Å². The zero-order valence-corrected chi connectivity index (χ0v) is 20.7. The van der Waals surface area contributed by atoms with Crippen LogP contribution in [0.1, 0.15) is 57.1 Å².